The van der Waals surface area contributed by atoms with Crippen molar-refractivity contribution in [2.24, 2.45) is 0 Å². The summed E-state index contributed by atoms with van der Waals surface area (Å²) in [6.45, 7) is 0. The van der Waals surface area contributed by atoms with E-state index in [1.807, 2.05) is 34.7 Å². The minimum atomic E-state index is -3.66. The number of nitrogens with zero attached hydrogens (tertiary/aromatic N) is 1. The van der Waals surface area contributed by atoms with Crippen LogP contribution in [0, 0.1) is 10.1 Å². The van der Waals surface area contributed by atoms with E-state index in [4.69, 9.17) is 0 Å². The van der Waals surface area contributed by atoms with Crippen LogP contribution in [0.2, 0.25) is 0 Å². The number of benzene rings is 2. The fourth-order valence-corrected chi connectivity index (χ4v) is 4.33. The quantitative estimate of drug-likeness (QED) is 0.355. The Balaban J connectivity index is 2.35. The molecule has 22 heavy (non-hydrogen) atoms. The number of nitro groups is 1. The maximum absolute atomic E-state index is 12.3. The van der Waals surface area contributed by atoms with Crippen LogP contribution in [0.3, 0.4) is 0 Å². The van der Waals surface area contributed by atoms with Crippen LogP contribution in [0.4, 0.5) is 5.69 Å². The lowest BCUT2D eigenvalue weighted by Gasteiger charge is -2.03. The van der Waals surface area contributed by atoms with Crippen LogP contribution < -0.4 is 0 Å². The summed E-state index contributed by atoms with van der Waals surface area (Å²) in [4.78, 5) is 10.0. The maximum atomic E-state index is 12.3. The van der Waals surface area contributed by atoms with Crippen LogP contribution >= 0.6 is 38.5 Å². The molecule has 0 N–H and O–H groups in total. The Labute approximate surface area is 149 Å². The Morgan fingerprint density at radius 1 is 1.09 bits per heavy atom. The molecule has 0 unspecified atom stereocenters. The average molecular weight is 494 g/mol. The molecule has 0 spiro atoms. The molecule has 0 heterocycles. The van der Waals surface area contributed by atoms with Crippen molar-refractivity contribution in [3.63, 3.8) is 0 Å². The van der Waals surface area contributed by atoms with E-state index in [0.717, 1.165) is 15.4 Å². The van der Waals surface area contributed by atoms with Crippen LogP contribution in [0.5, 0.6) is 0 Å². The monoisotopic (exact) mass is 493 g/mol. The van der Waals surface area contributed by atoms with E-state index in [2.05, 4.69) is 15.9 Å². The van der Waals surface area contributed by atoms with Gasteiger partial charge in [0.05, 0.1) is 9.82 Å². The molecule has 0 saturated heterocycles. The van der Waals surface area contributed by atoms with Crippen LogP contribution in [0.25, 0.3) is 3.58 Å². The third kappa shape index (κ3) is 4.14. The van der Waals surface area contributed by atoms with Crippen molar-refractivity contribution in [3.8, 4) is 0 Å². The topological polar surface area (TPSA) is 77.3 Å². The molecule has 114 valence electrons. The average Bonchev–Trinajstić information content (AvgIpc) is 2.47. The van der Waals surface area contributed by atoms with E-state index in [0.29, 0.717) is 3.58 Å². The molecule has 0 aliphatic carbocycles. The van der Waals surface area contributed by atoms with Crippen molar-refractivity contribution in [1.29, 1.82) is 0 Å². The highest BCUT2D eigenvalue weighted by Gasteiger charge is 2.15. The van der Waals surface area contributed by atoms with Crippen molar-refractivity contribution >= 4 is 57.6 Å². The summed E-state index contributed by atoms with van der Waals surface area (Å²) >= 11 is 5.26. The largest absolute Gasteiger partial charge is 0.269 e. The van der Waals surface area contributed by atoms with E-state index >= 15 is 0 Å². The summed E-state index contributed by atoms with van der Waals surface area (Å²) in [5.74, 6) is 0. The van der Waals surface area contributed by atoms with Crippen molar-refractivity contribution < 1.29 is 13.3 Å². The lowest BCUT2D eigenvalue weighted by molar-refractivity contribution is -0.384. The van der Waals surface area contributed by atoms with Gasteiger partial charge >= 0.3 is 0 Å². The number of halogens is 2. The molecule has 0 bridgehead atoms. The highest BCUT2D eigenvalue weighted by atomic mass is 127. The first-order valence-corrected chi connectivity index (χ1v) is 9.34. The number of sulfone groups is 1. The van der Waals surface area contributed by atoms with Gasteiger partial charge in [0.1, 0.15) is 0 Å². The van der Waals surface area contributed by atoms with Crippen LogP contribution in [-0.2, 0) is 9.84 Å². The Bertz CT molecular complexity index is 830. The summed E-state index contributed by atoms with van der Waals surface area (Å²) in [6, 6.07) is 12.0. The molecule has 0 saturated carbocycles. The molecule has 2 rings (SSSR count). The highest BCUT2D eigenvalue weighted by molar-refractivity contribution is 14.1. The van der Waals surface area contributed by atoms with Gasteiger partial charge in [0.2, 0.25) is 9.84 Å². The van der Waals surface area contributed by atoms with Crippen LogP contribution in [0.15, 0.2) is 63.3 Å². The third-order valence-electron chi connectivity index (χ3n) is 2.75. The molecule has 0 aromatic heterocycles. The Morgan fingerprint density at radius 2 is 1.64 bits per heavy atom. The first-order chi connectivity index (χ1) is 10.3. The van der Waals surface area contributed by atoms with Gasteiger partial charge in [-0.25, -0.2) is 8.42 Å². The van der Waals surface area contributed by atoms with E-state index in [1.165, 1.54) is 24.3 Å². The summed E-state index contributed by atoms with van der Waals surface area (Å²) < 4.78 is 26.1. The number of hydrogen-bond acceptors (Lipinski definition) is 4. The highest BCUT2D eigenvalue weighted by Crippen LogP contribution is 2.27. The molecule has 0 atom stereocenters. The molecule has 0 aliphatic heterocycles. The van der Waals surface area contributed by atoms with E-state index in [1.54, 1.807) is 12.1 Å². The number of hydrogen-bond donors (Lipinski definition) is 0. The van der Waals surface area contributed by atoms with Gasteiger partial charge < -0.3 is 0 Å². The molecule has 0 radical (unpaired) electrons. The van der Waals surface area contributed by atoms with Gasteiger partial charge in [-0.1, -0.05) is 28.1 Å². The van der Waals surface area contributed by atoms with Crippen LogP contribution in [0.1, 0.15) is 5.56 Å². The standard InChI is InChI=1S/C14H9BrINO4S/c15-11-3-1-10(2-4-11)14(16)9-22(20,21)13-7-5-12(6-8-13)17(18)19/h1-9H/b14-9+. The van der Waals surface area contributed by atoms with Crippen molar-refractivity contribution in [2.45, 2.75) is 4.90 Å². The molecular formula is C14H9BrINO4S. The SMILES string of the molecule is O=[N+]([O-])c1ccc(S(=O)(=O)/C=C(/I)c2ccc(Br)cc2)cc1. The smallest absolute Gasteiger partial charge is 0.258 e. The Hall–Kier alpha value is -1.26. The van der Waals surface area contributed by atoms with Gasteiger partial charge in [-0.05, 0) is 52.4 Å². The molecule has 0 fully saturated rings. The van der Waals surface area contributed by atoms with Crippen molar-refractivity contribution in [2.75, 3.05) is 0 Å². The molecule has 8 heteroatoms. The van der Waals surface area contributed by atoms with Crippen LogP contribution in [-0.4, -0.2) is 13.3 Å². The van der Waals surface area contributed by atoms with Gasteiger partial charge in [-0.3, -0.25) is 10.1 Å². The Morgan fingerprint density at radius 3 is 2.14 bits per heavy atom. The van der Waals surface area contributed by atoms with E-state index in [9.17, 15) is 18.5 Å². The molecule has 2 aromatic rings. The lowest BCUT2D eigenvalue weighted by Crippen LogP contribution is -1.97. The van der Waals surface area contributed by atoms with Crippen molar-refractivity contribution in [3.05, 3.63) is 74.1 Å². The lowest BCUT2D eigenvalue weighted by atomic mass is 10.2. The second kappa shape index (κ2) is 6.88. The normalized spacial score (nSPS) is 12.2. The second-order valence-electron chi connectivity index (χ2n) is 4.27. The Kier molecular flexibility index (Phi) is 5.35. The molecule has 2 aromatic carbocycles. The molecule has 0 aliphatic rings. The first kappa shape index (κ1) is 17.1. The fraction of sp³-hybridized carbons (Fsp3) is 0. The summed E-state index contributed by atoms with van der Waals surface area (Å²) in [5.41, 5.74) is 0.625. The zero-order valence-electron chi connectivity index (χ0n) is 10.9. The molecule has 0 amide bonds. The minimum Gasteiger partial charge on any atom is -0.258 e. The third-order valence-corrected chi connectivity index (χ3v) is 6.12. The maximum Gasteiger partial charge on any atom is 0.269 e. The number of non-ortho nitro benzene ring substituents is 1. The molecular weight excluding hydrogens is 485 g/mol. The number of nitro benzene ring substituents is 1. The molecule has 5 nitrogen and oxygen atoms in total. The van der Waals surface area contributed by atoms with Gasteiger partial charge in [0.25, 0.3) is 5.69 Å². The predicted molar refractivity (Wildman–Crippen MR) is 96.4 cm³/mol. The first-order valence-electron chi connectivity index (χ1n) is 5.92. The summed E-state index contributed by atoms with van der Waals surface area (Å²) in [6.07, 6.45) is 0. The van der Waals surface area contributed by atoms with Gasteiger partial charge in [0.15, 0.2) is 0 Å². The fourth-order valence-electron chi connectivity index (χ4n) is 1.64. The second-order valence-corrected chi connectivity index (χ2v) is 8.14. The van der Waals surface area contributed by atoms with E-state index in [-0.39, 0.29) is 10.6 Å². The van der Waals surface area contributed by atoms with Gasteiger partial charge in [0, 0.05) is 25.6 Å². The zero-order chi connectivity index (χ0) is 16.3. The van der Waals surface area contributed by atoms with Gasteiger partial charge in [-0.2, -0.15) is 0 Å². The number of rotatable bonds is 4. The predicted octanol–water partition coefficient (Wildman–Crippen LogP) is 4.56. The zero-order valence-corrected chi connectivity index (χ0v) is 15.5. The van der Waals surface area contributed by atoms with Gasteiger partial charge in [-0.15, -0.1) is 0 Å². The van der Waals surface area contributed by atoms with Crippen molar-refractivity contribution in [1.82, 2.24) is 0 Å². The summed E-state index contributed by atoms with van der Waals surface area (Å²) in [7, 11) is -3.66. The summed E-state index contributed by atoms with van der Waals surface area (Å²) in [5, 5.41) is 11.7. The minimum absolute atomic E-state index is 0.0179. The van der Waals surface area contributed by atoms with E-state index < -0.39 is 14.8 Å².